The highest BCUT2D eigenvalue weighted by Crippen LogP contribution is 2.21. The number of halogens is 2. The first kappa shape index (κ1) is 15.4. The molecule has 0 aliphatic rings. The van der Waals surface area contributed by atoms with Crippen molar-refractivity contribution in [2.24, 2.45) is 5.73 Å². The van der Waals surface area contributed by atoms with E-state index >= 15 is 0 Å². The molecule has 0 aliphatic heterocycles. The molecule has 0 bridgehead atoms. The van der Waals surface area contributed by atoms with E-state index in [1.165, 1.54) is 18.2 Å². The van der Waals surface area contributed by atoms with Crippen LogP contribution in [0.3, 0.4) is 0 Å². The molecule has 0 spiro atoms. The Labute approximate surface area is 121 Å². The first-order valence-electron chi connectivity index (χ1n) is 6.11. The van der Waals surface area contributed by atoms with Gasteiger partial charge < -0.3 is 5.73 Å². The van der Waals surface area contributed by atoms with Gasteiger partial charge in [0.1, 0.15) is 16.5 Å². The van der Waals surface area contributed by atoms with Crippen LogP contribution in [0.2, 0.25) is 0 Å². The van der Waals surface area contributed by atoms with E-state index in [0.717, 1.165) is 18.2 Å². The lowest BCUT2D eigenvalue weighted by Crippen LogP contribution is -2.15. The highest BCUT2D eigenvalue weighted by molar-refractivity contribution is 7.92. The van der Waals surface area contributed by atoms with Gasteiger partial charge in [0.15, 0.2) is 0 Å². The molecule has 112 valence electrons. The Morgan fingerprint density at radius 3 is 2.38 bits per heavy atom. The molecular weight excluding hydrogens is 298 g/mol. The zero-order chi connectivity index (χ0) is 15.6. The lowest BCUT2D eigenvalue weighted by Gasteiger charge is -2.10. The van der Waals surface area contributed by atoms with Gasteiger partial charge in [-0.2, -0.15) is 0 Å². The summed E-state index contributed by atoms with van der Waals surface area (Å²) >= 11 is 0. The van der Waals surface area contributed by atoms with E-state index in [2.05, 4.69) is 4.72 Å². The first-order chi connectivity index (χ1) is 9.83. The van der Waals surface area contributed by atoms with E-state index in [4.69, 9.17) is 5.73 Å². The van der Waals surface area contributed by atoms with Crippen LogP contribution in [-0.4, -0.2) is 8.42 Å². The third kappa shape index (κ3) is 3.37. The van der Waals surface area contributed by atoms with E-state index in [-0.39, 0.29) is 12.2 Å². The lowest BCUT2D eigenvalue weighted by atomic mass is 10.2. The summed E-state index contributed by atoms with van der Waals surface area (Å²) in [4.78, 5) is -0.513. The van der Waals surface area contributed by atoms with E-state index in [1.807, 2.05) is 0 Å². The Balaban J connectivity index is 2.36. The largest absolute Gasteiger partial charge is 0.326 e. The molecule has 2 rings (SSSR count). The van der Waals surface area contributed by atoms with Gasteiger partial charge in [-0.05, 0) is 42.3 Å². The zero-order valence-electron chi connectivity index (χ0n) is 11.2. The molecule has 0 aromatic heterocycles. The van der Waals surface area contributed by atoms with Crippen molar-refractivity contribution in [3.63, 3.8) is 0 Å². The number of hydrogen-bond acceptors (Lipinski definition) is 3. The molecule has 0 fully saturated rings. The van der Waals surface area contributed by atoms with E-state index in [1.54, 1.807) is 6.92 Å². The smallest absolute Gasteiger partial charge is 0.264 e. The van der Waals surface area contributed by atoms with Crippen LogP contribution in [0.5, 0.6) is 0 Å². The summed E-state index contributed by atoms with van der Waals surface area (Å²) in [7, 11) is -4.13. The molecule has 0 saturated heterocycles. The van der Waals surface area contributed by atoms with E-state index < -0.39 is 26.6 Å². The van der Waals surface area contributed by atoms with Gasteiger partial charge in [0.2, 0.25) is 0 Å². The molecule has 0 heterocycles. The predicted molar refractivity (Wildman–Crippen MR) is 76.2 cm³/mol. The quantitative estimate of drug-likeness (QED) is 0.911. The van der Waals surface area contributed by atoms with Gasteiger partial charge in [-0.3, -0.25) is 4.72 Å². The Morgan fingerprint density at radius 1 is 1.10 bits per heavy atom. The van der Waals surface area contributed by atoms with Crippen LogP contribution in [0.1, 0.15) is 11.1 Å². The summed E-state index contributed by atoms with van der Waals surface area (Å²) in [5.74, 6) is -1.45. The van der Waals surface area contributed by atoms with E-state index in [9.17, 15) is 17.2 Å². The van der Waals surface area contributed by atoms with Crippen LogP contribution in [0, 0.1) is 18.6 Å². The minimum absolute atomic E-state index is 0.0281. The Bertz CT molecular complexity index is 777. The maximum absolute atomic E-state index is 13.8. The fourth-order valence-electron chi connectivity index (χ4n) is 1.76. The second-order valence-electron chi connectivity index (χ2n) is 4.54. The first-order valence-corrected chi connectivity index (χ1v) is 7.59. The maximum Gasteiger partial charge on any atom is 0.264 e. The molecular formula is C14H14F2N2O2S. The Kier molecular flexibility index (Phi) is 4.24. The second kappa shape index (κ2) is 5.79. The summed E-state index contributed by atoms with van der Waals surface area (Å²) < 4.78 is 53.6. The molecule has 0 saturated carbocycles. The Hall–Kier alpha value is -1.99. The van der Waals surface area contributed by atoms with Gasteiger partial charge in [-0.1, -0.05) is 12.1 Å². The molecule has 4 nitrogen and oxygen atoms in total. The highest BCUT2D eigenvalue weighted by atomic mass is 32.2. The average Bonchev–Trinajstić information content (AvgIpc) is 2.42. The van der Waals surface area contributed by atoms with Gasteiger partial charge in [0.05, 0.1) is 5.69 Å². The third-order valence-electron chi connectivity index (χ3n) is 2.95. The standard InChI is InChI=1S/C14H14F2N2O2S/c1-9-2-4-11(7-12(9)15)18-21(19,20)14-5-3-10(8-17)6-13(14)16/h2-7,18H,8,17H2,1H3. The number of nitrogens with two attached hydrogens (primary N) is 1. The fraction of sp³-hybridized carbons (Fsp3) is 0.143. The van der Waals surface area contributed by atoms with Crippen molar-refractivity contribution in [2.45, 2.75) is 18.4 Å². The number of rotatable bonds is 4. The molecule has 0 atom stereocenters. The van der Waals surface area contributed by atoms with Gasteiger partial charge in [-0.25, -0.2) is 17.2 Å². The van der Waals surface area contributed by atoms with Crippen LogP contribution in [0.15, 0.2) is 41.3 Å². The van der Waals surface area contributed by atoms with Gasteiger partial charge in [0.25, 0.3) is 10.0 Å². The average molecular weight is 312 g/mol. The number of sulfonamides is 1. The molecule has 21 heavy (non-hydrogen) atoms. The van der Waals surface area contributed by atoms with Crippen molar-refractivity contribution >= 4 is 15.7 Å². The van der Waals surface area contributed by atoms with Crippen LogP contribution >= 0.6 is 0 Å². The Morgan fingerprint density at radius 2 is 1.81 bits per heavy atom. The molecule has 0 aliphatic carbocycles. The van der Waals surface area contributed by atoms with Crippen molar-refractivity contribution in [3.8, 4) is 0 Å². The molecule has 0 radical (unpaired) electrons. The van der Waals surface area contributed by atoms with Crippen molar-refractivity contribution < 1.29 is 17.2 Å². The molecule has 2 aromatic carbocycles. The third-order valence-corrected chi connectivity index (χ3v) is 4.36. The van der Waals surface area contributed by atoms with Crippen LogP contribution < -0.4 is 10.5 Å². The molecule has 0 unspecified atom stereocenters. The van der Waals surface area contributed by atoms with Crippen molar-refractivity contribution in [1.82, 2.24) is 0 Å². The fourth-order valence-corrected chi connectivity index (χ4v) is 2.87. The number of nitrogens with one attached hydrogen (secondary N) is 1. The van der Waals surface area contributed by atoms with Crippen LogP contribution in [-0.2, 0) is 16.6 Å². The monoisotopic (exact) mass is 312 g/mol. The van der Waals surface area contributed by atoms with E-state index in [0.29, 0.717) is 11.1 Å². The SMILES string of the molecule is Cc1ccc(NS(=O)(=O)c2ccc(CN)cc2F)cc1F. The molecule has 2 aromatic rings. The second-order valence-corrected chi connectivity index (χ2v) is 6.19. The summed E-state index contributed by atoms with van der Waals surface area (Å²) in [6.45, 7) is 1.66. The van der Waals surface area contributed by atoms with Gasteiger partial charge in [-0.15, -0.1) is 0 Å². The van der Waals surface area contributed by atoms with Crippen molar-refractivity contribution in [3.05, 3.63) is 59.2 Å². The number of benzene rings is 2. The molecule has 7 heteroatoms. The lowest BCUT2D eigenvalue weighted by molar-refractivity contribution is 0.569. The summed E-state index contributed by atoms with van der Waals surface area (Å²) in [6.07, 6.45) is 0. The minimum atomic E-state index is -4.13. The highest BCUT2D eigenvalue weighted by Gasteiger charge is 2.19. The number of hydrogen-bond donors (Lipinski definition) is 2. The predicted octanol–water partition coefficient (Wildman–Crippen LogP) is 2.53. The zero-order valence-corrected chi connectivity index (χ0v) is 12.0. The molecule has 3 N–H and O–H groups in total. The van der Waals surface area contributed by atoms with Crippen molar-refractivity contribution in [1.29, 1.82) is 0 Å². The normalized spacial score (nSPS) is 11.4. The maximum atomic E-state index is 13.8. The van der Waals surface area contributed by atoms with Gasteiger partial charge in [0, 0.05) is 6.54 Å². The topological polar surface area (TPSA) is 72.2 Å². The van der Waals surface area contributed by atoms with Crippen LogP contribution in [0.25, 0.3) is 0 Å². The summed E-state index contributed by atoms with van der Waals surface area (Å²) in [5.41, 5.74) is 6.25. The summed E-state index contributed by atoms with van der Waals surface area (Å²) in [6, 6.07) is 7.49. The van der Waals surface area contributed by atoms with Gasteiger partial charge >= 0.3 is 0 Å². The molecule has 0 amide bonds. The number of anilines is 1. The number of aryl methyl sites for hydroxylation is 1. The summed E-state index contributed by atoms with van der Waals surface area (Å²) in [5, 5.41) is 0. The van der Waals surface area contributed by atoms with Crippen molar-refractivity contribution in [2.75, 3.05) is 4.72 Å². The minimum Gasteiger partial charge on any atom is -0.326 e. The van der Waals surface area contributed by atoms with Crippen LogP contribution in [0.4, 0.5) is 14.5 Å².